The van der Waals surface area contributed by atoms with E-state index in [0.717, 1.165) is 6.07 Å². The Kier molecular flexibility index (Phi) is 5.15. The zero-order chi connectivity index (χ0) is 16.2. The van der Waals surface area contributed by atoms with E-state index in [9.17, 15) is 22.8 Å². The first-order valence-electron chi connectivity index (χ1n) is 5.36. The second-order valence-corrected chi connectivity index (χ2v) is 4.77. The molecule has 0 saturated carbocycles. The molecule has 0 radical (unpaired) electrons. The molecule has 0 aromatic carbocycles. The van der Waals surface area contributed by atoms with E-state index in [0.29, 0.717) is 11.8 Å². The third kappa shape index (κ3) is 4.64. The Hall–Kier alpha value is -2.28. The molecule has 0 fully saturated rings. The van der Waals surface area contributed by atoms with Crippen molar-refractivity contribution in [3.05, 3.63) is 22.9 Å². The predicted octanol–water partition coefficient (Wildman–Crippen LogP) is 1.57. The molecule has 0 bridgehead atoms. The number of nitriles is 1. The minimum absolute atomic E-state index is 0.0548. The minimum Gasteiger partial charge on any atom is -0.351 e. The van der Waals surface area contributed by atoms with Crippen LogP contribution in [-0.2, 0) is 11.0 Å². The highest BCUT2D eigenvalue weighted by Gasteiger charge is 2.35. The van der Waals surface area contributed by atoms with E-state index in [1.807, 2.05) is 0 Å². The molecule has 10 heteroatoms. The summed E-state index contributed by atoms with van der Waals surface area (Å²) in [5.41, 5.74) is 3.00. The number of carbonyl (C=O) groups excluding carboxylic acids is 2. The molecule has 3 amide bonds. The lowest BCUT2D eigenvalue weighted by atomic mass is 10.1. The number of nitrogens with two attached hydrogens (primary N) is 1. The number of primary amides is 1. The second-order valence-electron chi connectivity index (χ2n) is 3.80. The third-order valence-electron chi connectivity index (χ3n) is 2.13. The van der Waals surface area contributed by atoms with Crippen LogP contribution in [0.2, 0.25) is 0 Å². The van der Waals surface area contributed by atoms with Crippen LogP contribution in [0.3, 0.4) is 0 Å². The molecule has 0 spiro atoms. The largest absolute Gasteiger partial charge is 0.417 e. The van der Waals surface area contributed by atoms with Gasteiger partial charge in [-0.2, -0.15) is 18.4 Å². The molecule has 6 nitrogen and oxygen atoms in total. The normalized spacial score (nSPS) is 10.8. The molecule has 1 aromatic heterocycles. The number of imide groups is 1. The number of nitrogens with one attached hydrogen (secondary N) is 1. The van der Waals surface area contributed by atoms with Gasteiger partial charge in [0.1, 0.15) is 11.1 Å². The Morgan fingerprint density at radius 1 is 1.52 bits per heavy atom. The van der Waals surface area contributed by atoms with Gasteiger partial charge in [-0.15, -0.1) is 0 Å². The van der Waals surface area contributed by atoms with Crippen LogP contribution < -0.4 is 11.1 Å². The lowest BCUT2D eigenvalue weighted by Gasteiger charge is -2.12. The van der Waals surface area contributed by atoms with Crippen molar-refractivity contribution in [1.29, 1.82) is 5.26 Å². The van der Waals surface area contributed by atoms with E-state index in [-0.39, 0.29) is 10.7 Å². The highest BCUT2D eigenvalue weighted by molar-refractivity contribution is 8.00. The van der Waals surface area contributed by atoms with Gasteiger partial charge in [0.15, 0.2) is 0 Å². The first-order chi connectivity index (χ1) is 9.65. The van der Waals surface area contributed by atoms with E-state index >= 15 is 0 Å². The molecule has 0 aliphatic carbocycles. The quantitative estimate of drug-likeness (QED) is 0.822. The summed E-state index contributed by atoms with van der Waals surface area (Å²) in [5, 5.41) is 10.4. The molecule has 112 valence electrons. The van der Waals surface area contributed by atoms with Crippen molar-refractivity contribution in [2.75, 3.05) is 5.75 Å². The van der Waals surface area contributed by atoms with Crippen molar-refractivity contribution in [3.63, 3.8) is 0 Å². The first-order valence-corrected chi connectivity index (χ1v) is 6.34. The van der Waals surface area contributed by atoms with E-state index in [4.69, 9.17) is 11.0 Å². The van der Waals surface area contributed by atoms with Crippen LogP contribution in [0.5, 0.6) is 0 Å². The van der Waals surface area contributed by atoms with Gasteiger partial charge in [-0.25, -0.2) is 9.78 Å². The van der Waals surface area contributed by atoms with E-state index in [1.54, 1.807) is 5.32 Å². The number of aryl methyl sites for hydroxylation is 1. The standard InChI is InChI=1S/C11H9F3N4O2S/c1-5-2-7(11(12,13)14)6(3-15)9(17-5)21-4-8(19)18-10(16)20/h2H,4H2,1H3,(H3,16,18,19,20). The molecule has 0 unspecified atom stereocenters. The number of urea groups is 1. The second kappa shape index (κ2) is 6.45. The number of alkyl halides is 3. The smallest absolute Gasteiger partial charge is 0.351 e. The summed E-state index contributed by atoms with van der Waals surface area (Å²) in [4.78, 5) is 25.5. The van der Waals surface area contributed by atoms with Crippen molar-refractivity contribution in [2.45, 2.75) is 18.1 Å². The Morgan fingerprint density at radius 2 is 2.14 bits per heavy atom. The third-order valence-corrected chi connectivity index (χ3v) is 3.11. The molecular formula is C11H9F3N4O2S. The van der Waals surface area contributed by atoms with Crippen molar-refractivity contribution in [1.82, 2.24) is 10.3 Å². The maximum Gasteiger partial charge on any atom is 0.417 e. The molecule has 1 heterocycles. The summed E-state index contributed by atoms with van der Waals surface area (Å²) in [5.74, 6) is -1.20. The van der Waals surface area contributed by atoms with Crippen LogP contribution in [0.1, 0.15) is 16.8 Å². The van der Waals surface area contributed by atoms with Gasteiger partial charge in [-0.1, -0.05) is 11.8 Å². The van der Waals surface area contributed by atoms with Crippen LogP contribution in [0.15, 0.2) is 11.1 Å². The molecule has 0 aliphatic heterocycles. The summed E-state index contributed by atoms with van der Waals surface area (Å²) in [6.45, 7) is 1.34. The summed E-state index contributed by atoms with van der Waals surface area (Å²) in [7, 11) is 0. The first kappa shape index (κ1) is 16.8. The van der Waals surface area contributed by atoms with Gasteiger partial charge in [0.05, 0.1) is 16.9 Å². The van der Waals surface area contributed by atoms with Crippen LogP contribution >= 0.6 is 11.8 Å². The molecule has 0 atom stereocenters. The highest BCUT2D eigenvalue weighted by Crippen LogP contribution is 2.35. The summed E-state index contributed by atoms with van der Waals surface area (Å²) >= 11 is 0.613. The minimum atomic E-state index is -4.70. The molecule has 0 saturated heterocycles. The Balaban J connectivity index is 3.08. The lowest BCUT2D eigenvalue weighted by Crippen LogP contribution is -2.36. The molecular weight excluding hydrogens is 309 g/mol. The average molecular weight is 318 g/mol. The SMILES string of the molecule is Cc1cc(C(F)(F)F)c(C#N)c(SCC(=O)NC(N)=O)n1. The van der Waals surface area contributed by atoms with Crippen LogP contribution in [0, 0.1) is 18.3 Å². The van der Waals surface area contributed by atoms with Crippen molar-refractivity contribution < 1.29 is 22.8 Å². The van der Waals surface area contributed by atoms with Gasteiger partial charge in [0.25, 0.3) is 0 Å². The highest BCUT2D eigenvalue weighted by atomic mass is 32.2. The number of pyridine rings is 1. The van der Waals surface area contributed by atoms with Crippen LogP contribution in [-0.4, -0.2) is 22.7 Å². The van der Waals surface area contributed by atoms with Crippen molar-refractivity contribution in [2.24, 2.45) is 5.73 Å². The maximum atomic E-state index is 12.8. The topological polar surface area (TPSA) is 109 Å². The number of hydrogen-bond acceptors (Lipinski definition) is 5. The summed E-state index contributed by atoms with van der Waals surface area (Å²) in [6.07, 6.45) is -4.70. The number of hydrogen-bond donors (Lipinski definition) is 2. The maximum absolute atomic E-state index is 12.8. The Labute approximate surface area is 121 Å². The predicted molar refractivity (Wildman–Crippen MR) is 67.1 cm³/mol. The van der Waals surface area contributed by atoms with Gasteiger partial charge in [-0.3, -0.25) is 10.1 Å². The fraction of sp³-hybridized carbons (Fsp3) is 0.273. The van der Waals surface area contributed by atoms with E-state index in [1.165, 1.54) is 13.0 Å². The molecule has 1 aromatic rings. The fourth-order valence-corrected chi connectivity index (χ4v) is 2.24. The fourth-order valence-electron chi connectivity index (χ4n) is 1.39. The monoisotopic (exact) mass is 318 g/mol. The average Bonchev–Trinajstić information content (AvgIpc) is 2.33. The van der Waals surface area contributed by atoms with Gasteiger partial charge < -0.3 is 5.73 Å². The molecule has 1 rings (SSSR count). The number of aromatic nitrogens is 1. The van der Waals surface area contributed by atoms with Gasteiger partial charge in [0, 0.05) is 5.69 Å². The molecule has 0 aliphatic rings. The summed E-state index contributed by atoms with van der Waals surface area (Å²) in [6, 6.07) is 1.12. The molecule has 21 heavy (non-hydrogen) atoms. The summed E-state index contributed by atoms with van der Waals surface area (Å²) < 4.78 is 38.5. The number of rotatable bonds is 3. The Bertz CT molecular complexity index is 625. The number of halogens is 3. The van der Waals surface area contributed by atoms with Crippen molar-refractivity contribution >= 4 is 23.7 Å². The number of carbonyl (C=O) groups is 2. The van der Waals surface area contributed by atoms with Crippen molar-refractivity contribution in [3.8, 4) is 6.07 Å². The number of thioether (sulfide) groups is 1. The number of nitrogens with zero attached hydrogens (tertiary/aromatic N) is 2. The van der Waals surface area contributed by atoms with Gasteiger partial charge in [0.2, 0.25) is 5.91 Å². The molecule has 3 N–H and O–H groups in total. The lowest BCUT2D eigenvalue weighted by molar-refractivity contribution is -0.138. The van der Waals surface area contributed by atoms with Gasteiger partial charge in [-0.05, 0) is 13.0 Å². The number of amides is 3. The van der Waals surface area contributed by atoms with Crippen LogP contribution in [0.4, 0.5) is 18.0 Å². The zero-order valence-corrected chi connectivity index (χ0v) is 11.4. The zero-order valence-electron chi connectivity index (χ0n) is 10.6. The van der Waals surface area contributed by atoms with E-state index in [2.05, 4.69) is 4.98 Å². The Morgan fingerprint density at radius 3 is 2.62 bits per heavy atom. The van der Waals surface area contributed by atoms with E-state index < -0.39 is 35.0 Å². The van der Waals surface area contributed by atoms with Crippen LogP contribution in [0.25, 0.3) is 0 Å². The van der Waals surface area contributed by atoms with Gasteiger partial charge >= 0.3 is 12.2 Å².